The summed E-state index contributed by atoms with van der Waals surface area (Å²) in [7, 11) is 0. The van der Waals surface area contributed by atoms with Crippen molar-refractivity contribution < 1.29 is 13.9 Å². The number of piperidine rings is 1. The fourth-order valence-corrected chi connectivity index (χ4v) is 4.33. The van der Waals surface area contributed by atoms with Crippen LogP contribution in [-0.4, -0.2) is 49.0 Å². The van der Waals surface area contributed by atoms with Crippen molar-refractivity contribution in [3.63, 3.8) is 0 Å². The third kappa shape index (κ3) is 5.64. The smallest absolute Gasteiger partial charge is 0.225 e. The van der Waals surface area contributed by atoms with Gasteiger partial charge in [-0.2, -0.15) is 0 Å². The van der Waals surface area contributed by atoms with Gasteiger partial charge in [0.25, 0.3) is 0 Å². The molecule has 0 saturated carbocycles. The first-order valence-electron chi connectivity index (χ1n) is 11.7. The highest BCUT2D eigenvalue weighted by Crippen LogP contribution is 2.31. The molecular formula is C25H34N4O3. The first kappa shape index (κ1) is 22.2. The highest BCUT2D eigenvalue weighted by Gasteiger charge is 2.26. The Morgan fingerprint density at radius 1 is 1.12 bits per heavy atom. The molecule has 3 heterocycles. The molecule has 0 spiro atoms. The number of hydrogen-bond acceptors (Lipinski definition) is 4. The first-order chi connectivity index (χ1) is 15.6. The number of carbonyl (C=O) groups is 1. The molecule has 1 aromatic heterocycles. The van der Waals surface area contributed by atoms with Crippen LogP contribution in [-0.2, 0) is 11.2 Å². The summed E-state index contributed by atoms with van der Waals surface area (Å²) in [5, 5.41) is 7.27. The number of hydrogen-bond donors (Lipinski definition) is 2. The summed E-state index contributed by atoms with van der Waals surface area (Å²) in [5.41, 5.74) is 1.16. The van der Waals surface area contributed by atoms with Gasteiger partial charge in [0, 0.05) is 50.0 Å². The van der Waals surface area contributed by atoms with Gasteiger partial charge in [-0.25, -0.2) is 0 Å². The van der Waals surface area contributed by atoms with E-state index in [-0.39, 0.29) is 23.9 Å². The number of benzene rings is 1. The van der Waals surface area contributed by atoms with Crippen LogP contribution in [0.2, 0.25) is 0 Å². The van der Waals surface area contributed by atoms with Gasteiger partial charge in [-0.3, -0.25) is 9.79 Å². The summed E-state index contributed by atoms with van der Waals surface area (Å²) in [6.45, 7) is 6.82. The van der Waals surface area contributed by atoms with Gasteiger partial charge in [0.05, 0.1) is 18.9 Å². The van der Waals surface area contributed by atoms with E-state index < -0.39 is 0 Å². The van der Waals surface area contributed by atoms with E-state index in [1.54, 1.807) is 6.26 Å². The third-order valence-electron chi connectivity index (χ3n) is 6.12. The number of nitrogens with zero attached hydrogens (tertiary/aromatic N) is 2. The maximum atomic E-state index is 12.3. The van der Waals surface area contributed by atoms with E-state index in [0.29, 0.717) is 13.2 Å². The Hall–Kier alpha value is -2.96. The minimum Gasteiger partial charge on any atom is -0.493 e. The predicted molar refractivity (Wildman–Crippen MR) is 125 cm³/mol. The molecule has 4 rings (SSSR count). The molecule has 1 unspecified atom stereocenters. The van der Waals surface area contributed by atoms with Gasteiger partial charge in [-0.05, 0) is 31.0 Å². The van der Waals surface area contributed by atoms with Crippen molar-refractivity contribution >= 4 is 11.9 Å². The number of guanidine groups is 1. The standard InChI is InChI=1S/C25H34N4O3/c1-18(2)24(30)29-14-10-19(11-15-29)27-25(26-13-9-20-6-5-16-31-20)28-22-12-17-32-23-8-4-3-7-21(22)23/h3-8,16,18-19,22H,9-15,17H2,1-2H3,(H2,26,27,28). The molecule has 1 fully saturated rings. The molecule has 2 N–H and O–H groups in total. The second kappa shape index (κ2) is 10.6. The van der Waals surface area contributed by atoms with Gasteiger partial charge >= 0.3 is 0 Å². The molecule has 172 valence electrons. The molecule has 1 amide bonds. The minimum absolute atomic E-state index is 0.0495. The monoisotopic (exact) mass is 438 g/mol. The molecule has 0 bridgehead atoms. The van der Waals surface area contributed by atoms with E-state index in [2.05, 4.69) is 16.7 Å². The quantitative estimate of drug-likeness (QED) is 0.533. The normalized spacial score (nSPS) is 19.4. The fraction of sp³-hybridized carbons (Fsp3) is 0.520. The number of rotatable bonds is 6. The van der Waals surface area contributed by atoms with Crippen LogP contribution >= 0.6 is 0 Å². The van der Waals surface area contributed by atoms with Crippen LogP contribution < -0.4 is 15.4 Å². The number of furan rings is 1. The van der Waals surface area contributed by atoms with Gasteiger partial charge in [0.2, 0.25) is 5.91 Å². The maximum absolute atomic E-state index is 12.3. The van der Waals surface area contributed by atoms with Crippen molar-refractivity contribution in [1.29, 1.82) is 0 Å². The van der Waals surface area contributed by atoms with Crippen molar-refractivity contribution in [2.45, 2.75) is 51.6 Å². The van der Waals surface area contributed by atoms with Crippen LogP contribution in [0.15, 0.2) is 52.1 Å². The molecule has 7 heteroatoms. The van der Waals surface area contributed by atoms with Gasteiger partial charge in [0.15, 0.2) is 5.96 Å². The number of fused-ring (bicyclic) bond motifs is 1. The topological polar surface area (TPSA) is 79.1 Å². The lowest BCUT2D eigenvalue weighted by Crippen LogP contribution is -2.51. The Labute approximate surface area is 190 Å². The molecule has 0 radical (unpaired) electrons. The average Bonchev–Trinajstić information content (AvgIpc) is 3.33. The summed E-state index contributed by atoms with van der Waals surface area (Å²) in [6.07, 6.45) is 5.17. The molecule has 7 nitrogen and oxygen atoms in total. The maximum Gasteiger partial charge on any atom is 0.225 e. The Morgan fingerprint density at radius 2 is 1.94 bits per heavy atom. The van der Waals surface area contributed by atoms with E-state index in [1.807, 2.05) is 49.1 Å². The van der Waals surface area contributed by atoms with Crippen LogP contribution in [0.5, 0.6) is 5.75 Å². The fourth-order valence-electron chi connectivity index (χ4n) is 4.33. The minimum atomic E-state index is 0.0495. The average molecular weight is 439 g/mol. The second-order valence-corrected chi connectivity index (χ2v) is 8.83. The zero-order chi connectivity index (χ0) is 22.3. The highest BCUT2D eigenvalue weighted by molar-refractivity contribution is 5.81. The van der Waals surface area contributed by atoms with Gasteiger partial charge in [0.1, 0.15) is 11.5 Å². The van der Waals surface area contributed by atoms with Crippen molar-refractivity contribution in [1.82, 2.24) is 15.5 Å². The van der Waals surface area contributed by atoms with Crippen LogP contribution in [0.25, 0.3) is 0 Å². The summed E-state index contributed by atoms with van der Waals surface area (Å²) in [4.78, 5) is 19.1. The van der Waals surface area contributed by atoms with Gasteiger partial charge in [-0.15, -0.1) is 0 Å². The number of ether oxygens (including phenoxy) is 1. The number of amides is 1. The largest absolute Gasteiger partial charge is 0.493 e. The Morgan fingerprint density at radius 3 is 2.69 bits per heavy atom. The van der Waals surface area contributed by atoms with Crippen molar-refractivity contribution in [2.75, 3.05) is 26.2 Å². The molecule has 0 aliphatic carbocycles. The molecular weight excluding hydrogens is 404 g/mol. The Bertz CT molecular complexity index is 902. The molecule has 1 saturated heterocycles. The lowest BCUT2D eigenvalue weighted by molar-refractivity contribution is -0.135. The van der Waals surface area contributed by atoms with Crippen LogP contribution in [0.1, 0.15) is 50.5 Å². The van der Waals surface area contributed by atoms with Crippen molar-refractivity contribution in [2.24, 2.45) is 10.9 Å². The summed E-state index contributed by atoms with van der Waals surface area (Å²) in [6, 6.07) is 12.5. The molecule has 1 atom stereocenters. The van der Waals surface area contributed by atoms with E-state index in [1.165, 1.54) is 0 Å². The van der Waals surface area contributed by atoms with E-state index in [9.17, 15) is 4.79 Å². The van der Waals surface area contributed by atoms with Crippen molar-refractivity contribution in [3.05, 3.63) is 54.0 Å². The first-order valence-corrected chi connectivity index (χ1v) is 11.7. The van der Waals surface area contributed by atoms with Crippen LogP contribution in [0.4, 0.5) is 0 Å². The van der Waals surface area contributed by atoms with Gasteiger partial charge in [-0.1, -0.05) is 32.0 Å². The lowest BCUT2D eigenvalue weighted by Gasteiger charge is -2.35. The second-order valence-electron chi connectivity index (χ2n) is 8.83. The molecule has 2 aliphatic rings. The summed E-state index contributed by atoms with van der Waals surface area (Å²) in [5.74, 6) is 2.98. The molecule has 2 aromatic rings. The van der Waals surface area contributed by atoms with Crippen molar-refractivity contribution in [3.8, 4) is 5.75 Å². The molecule has 2 aliphatic heterocycles. The number of aliphatic imine (C=N–C) groups is 1. The predicted octanol–water partition coefficient (Wildman–Crippen LogP) is 3.53. The summed E-state index contributed by atoms with van der Waals surface area (Å²) < 4.78 is 11.3. The molecule has 32 heavy (non-hydrogen) atoms. The molecule has 1 aromatic carbocycles. The van der Waals surface area contributed by atoms with E-state index in [0.717, 1.165) is 61.8 Å². The zero-order valence-electron chi connectivity index (χ0n) is 19.0. The van der Waals surface area contributed by atoms with E-state index in [4.69, 9.17) is 14.1 Å². The Kier molecular flexibility index (Phi) is 7.35. The van der Waals surface area contributed by atoms with Crippen LogP contribution in [0, 0.1) is 5.92 Å². The number of nitrogens with one attached hydrogen (secondary N) is 2. The van der Waals surface area contributed by atoms with Crippen LogP contribution in [0.3, 0.4) is 0 Å². The van der Waals surface area contributed by atoms with Gasteiger partial charge < -0.3 is 24.7 Å². The SMILES string of the molecule is CC(C)C(=O)N1CCC(NC(=NCCc2ccco2)NC2CCOc3ccccc32)CC1. The summed E-state index contributed by atoms with van der Waals surface area (Å²) >= 11 is 0. The number of likely N-dealkylation sites (tertiary alicyclic amines) is 1. The zero-order valence-corrected chi connectivity index (χ0v) is 19.0. The third-order valence-corrected chi connectivity index (χ3v) is 6.12. The Balaban J connectivity index is 1.41. The lowest BCUT2D eigenvalue weighted by atomic mass is 10.0. The number of para-hydroxylation sites is 1. The highest BCUT2D eigenvalue weighted by atomic mass is 16.5. The van der Waals surface area contributed by atoms with E-state index >= 15 is 0 Å². The number of carbonyl (C=O) groups excluding carboxylic acids is 1.